The fourth-order valence-electron chi connectivity index (χ4n) is 3.84. The summed E-state index contributed by atoms with van der Waals surface area (Å²) in [6, 6.07) is 8.99. The van der Waals surface area contributed by atoms with Crippen molar-refractivity contribution in [3.8, 4) is 0 Å². The summed E-state index contributed by atoms with van der Waals surface area (Å²) in [6.07, 6.45) is 6.23. The van der Waals surface area contributed by atoms with Crippen molar-refractivity contribution in [1.29, 1.82) is 0 Å². The summed E-state index contributed by atoms with van der Waals surface area (Å²) in [4.78, 5) is 5.78. The largest absolute Gasteiger partial charge is 0.385 e. The van der Waals surface area contributed by atoms with Crippen molar-refractivity contribution in [3.63, 3.8) is 0 Å². The zero-order valence-electron chi connectivity index (χ0n) is 11.1. The minimum Gasteiger partial charge on any atom is -0.385 e. The molecule has 2 aliphatic heterocycles. The van der Waals surface area contributed by atoms with Gasteiger partial charge in [-0.2, -0.15) is 0 Å². The summed E-state index contributed by atoms with van der Waals surface area (Å²) >= 11 is 0. The van der Waals surface area contributed by atoms with Gasteiger partial charge in [0.2, 0.25) is 0 Å². The number of hydrogen-bond acceptors (Lipinski definition) is 2. The van der Waals surface area contributed by atoms with Crippen molar-refractivity contribution in [2.45, 2.75) is 37.3 Å². The third kappa shape index (κ3) is 1.80. The molecule has 2 aromatic rings. The number of nitrogens with zero attached hydrogens (tertiary/aromatic N) is 1. The maximum absolute atomic E-state index is 11.0. The molecule has 2 saturated heterocycles. The quantitative estimate of drug-likeness (QED) is 0.823. The Morgan fingerprint density at radius 2 is 2.21 bits per heavy atom. The maximum Gasteiger partial charge on any atom is 0.0924 e. The van der Waals surface area contributed by atoms with Crippen LogP contribution in [0.4, 0.5) is 0 Å². The van der Waals surface area contributed by atoms with E-state index in [4.69, 9.17) is 0 Å². The van der Waals surface area contributed by atoms with Crippen LogP contribution in [0.3, 0.4) is 0 Å². The average molecular weight is 256 g/mol. The van der Waals surface area contributed by atoms with Crippen LogP contribution in [0.15, 0.2) is 30.5 Å². The van der Waals surface area contributed by atoms with E-state index in [9.17, 15) is 5.11 Å². The Hall–Kier alpha value is -1.32. The average Bonchev–Trinajstić information content (AvgIpc) is 3.05. The lowest BCUT2D eigenvalue weighted by atomic mass is 9.81. The first-order valence-corrected chi connectivity index (χ1v) is 7.29. The lowest BCUT2D eigenvalue weighted by Gasteiger charge is -2.41. The van der Waals surface area contributed by atoms with Crippen LogP contribution in [0.1, 0.15) is 31.2 Å². The third-order valence-corrected chi connectivity index (χ3v) is 4.98. The zero-order valence-corrected chi connectivity index (χ0v) is 11.1. The molecular weight excluding hydrogens is 236 g/mol. The van der Waals surface area contributed by atoms with Crippen LogP contribution in [-0.4, -0.2) is 34.1 Å². The molecule has 0 aliphatic carbocycles. The molecule has 2 fully saturated rings. The Kier molecular flexibility index (Phi) is 2.47. The van der Waals surface area contributed by atoms with Gasteiger partial charge in [0.25, 0.3) is 0 Å². The second-order valence-electron chi connectivity index (χ2n) is 6.10. The number of benzene rings is 1. The summed E-state index contributed by atoms with van der Waals surface area (Å²) in [5, 5.41) is 12.3. The SMILES string of the molecule is O[C@]1(c2ccc3cc[nH]c3c2)CCN2CCC[C@H]2C1. The molecule has 0 bridgehead atoms. The zero-order chi connectivity index (χ0) is 12.9. The Morgan fingerprint density at radius 1 is 1.26 bits per heavy atom. The van der Waals surface area contributed by atoms with Crippen LogP contribution in [0.5, 0.6) is 0 Å². The molecule has 4 rings (SSSR count). The third-order valence-electron chi connectivity index (χ3n) is 4.98. The number of aromatic amines is 1. The van der Waals surface area contributed by atoms with Gasteiger partial charge >= 0.3 is 0 Å². The summed E-state index contributed by atoms with van der Waals surface area (Å²) in [7, 11) is 0. The first kappa shape index (κ1) is 11.5. The first-order valence-electron chi connectivity index (χ1n) is 7.29. The second kappa shape index (κ2) is 4.09. The first-order chi connectivity index (χ1) is 9.24. The van der Waals surface area contributed by atoms with Crippen molar-refractivity contribution < 1.29 is 5.11 Å². The van der Waals surface area contributed by atoms with Gasteiger partial charge in [-0.05, 0) is 55.3 Å². The molecule has 2 N–H and O–H groups in total. The van der Waals surface area contributed by atoms with Crippen molar-refractivity contribution in [2.24, 2.45) is 0 Å². The van der Waals surface area contributed by atoms with Gasteiger partial charge < -0.3 is 15.0 Å². The van der Waals surface area contributed by atoms with Gasteiger partial charge in [-0.1, -0.05) is 12.1 Å². The number of aliphatic hydroxyl groups is 1. The second-order valence-corrected chi connectivity index (χ2v) is 6.10. The molecule has 0 radical (unpaired) electrons. The van der Waals surface area contributed by atoms with E-state index in [1.165, 1.54) is 24.8 Å². The Bertz CT molecular complexity index is 606. The van der Waals surface area contributed by atoms with Gasteiger partial charge in [0.15, 0.2) is 0 Å². The standard InChI is InChI=1S/C16H20N2O/c19-16(6-9-18-8-1-2-14(18)11-16)13-4-3-12-5-7-17-15(12)10-13/h3-5,7,10,14,17,19H,1-2,6,8-9,11H2/t14-,16+/m0/s1. The minimum absolute atomic E-state index is 0.582. The van der Waals surface area contributed by atoms with Gasteiger partial charge in [-0.25, -0.2) is 0 Å². The highest BCUT2D eigenvalue weighted by atomic mass is 16.3. The highest BCUT2D eigenvalue weighted by Crippen LogP contribution is 2.40. The Labute approximate surface area is 113 Å². The summed E-state index contributed by atoms with van der Waals surface area (Å²) in [5.74, 6) is 0. The molecule has 2 aliphatic rings. The maximum atomic E-state index is 11.0. The van der Waals surface area contributed by atoms with Gasteiger partial charge in [-0.3, -0.25) is 0 Å². The molecule has 0 amide bonds. The fourth-order valence-corrected chi connectivity index (χ4v) is 3.84. The van der Waals surface area contributed by atoms with Crippen LogP contribution in [0.25, 0.3) is 10.9 Å². The summed E-state index contributed by atoms with van der Waals surface area (Å²) in [5.41, 5.74) is 1.57. The van der Waals surface area contributed by atoms with Gasteiger partial charge in [0.1, 0.15) is 0 Å². The van der Waals surface area contributed by atoms with E-state index in [1.54, 1.807) is 0 Å². The van der Waals surface area contributed by atoms with E-state index < -0.39 is 5.60 Å². The van der Waals surface area contributed by atoms with E-state index >= 15 is 0 Å². The molecule has 3 nitrogen and oxygen atoms in total. The number of piperidine rings is 1. The van der Waals surface area contributed by atoms with E-state index in [2.05, 4.69) is 34.1 Å². The molecule has 1 aromatic carbocycles. The summed E-state index contributed by atoms with van der Waals surface area (Å²) < 4.78 is 0. The number of fused-ring (bicyclic) bond motifs is 2. The van der Waals surface area contributed by atoms with Crippen molar-refractivity contribution in [3.05, 3.63) is 36.0 Å². The number of hydrogen-bond donors (Lipinski definition) is 2. The topological polar surface area (TPSA) is 39.3 Å². The minimum atomic E-state index is -0.634. The van der Waals surface area contributed by atoms with Gasteiger partial charge in [0.05, 0.1) is 5.60 Å². The number of rotatable bonds is 1. The Balaban J connectivity index is 1.69. The molecule has 1 aromatic heterocycles. The highest BCUT2D eigenvalue weighted by Gasteiger charge is 2.41. The van der Waals surface area contributed by atoms with Gasteiger partial charge in [-0.15, -0.1) is 0 Å². The molecule has 19 heavy (non-hydrogen) atoms. The van der Waals surface area contributed by atoms with Crippen LogP contribution in [0.2, 0.25) is 0 Å². The number of nitrogens with one attached hydrogen (secondary N) is 1. The monoisotopic (exact) mass is 256 g/mol. The van der Waals surface area contributed by atoms with E-state index in [1.807, 2.05) is 6.20 Å². The number of aromatic nitrogens is 1. The smallest absolute Gasteiger partial charge is 0.0924 e. The molecule has 0 spiro atoms. The van der Waals surface area contributed by atoms with Crippen LogP contribution >= 0.6 is 0 Å². The lowest BCUT2D eigenvalue weighted by Crippen LogP contribution is -2.45. The number of H-pyrrole nitrogens is 1. The molecule has 3 heteroatoms. The van der Waals surface area contributed by atoms with E-state index in [-0.39, 0.29) is 0 Å². The molecule has 0 unspecified atom stereocenters. The van der Waals surface area contributed by atoms with Crippen LogP contribution in [0, 0.1) is 0 Å². The predicted molar refractivity (Wildman–Crippen MR) is 76.0 cm³/mol. The molecule has 2 atom stereocenters. The molecule has 3 heterocycles. The normalized spacial score (nSPS) is 31.7. The molecular formula is C16H20N2O. The molecule has 0 saturated carbocycles. The van der Waals surface area contributed by atoms with Crippen LogP contribution < -0.4 is 0 Å². The van der Waals surface area contributed by atoms with E-state index in [0.29, 0.717) is 6.04 Å². The Morgan fingerprint density at radius 3 is 3.16 bits per heavy atom. The van der Waals surface area contributed by atoms with Crippen molar-refractivity contribution in [1.82, 2.24) is 9.88 Å². The lowest BCUT2D eigenvalue weighted by molar-refractivity contribution is -0.0408. The van der Waals surface area contributed by atoms with Crippen LogP contribution in [-0.2, 0) is 5.60 Å². The highest BCUT2D eigenvalue weighted by molar-refractivity contribution is 5.80. The van der Waals surface area contributed by atoms with Gasteiger partial charge in [0, 0.05) is 24.3 Å². The summed E-state index contributed by atoms with van der Waals surface area (Å²) in [6.45, 7) is 2.25. The molecule has 100 valence electrons. The fraction of sp³-hybridized carbons (Fsp3) is 0.500. The predicted octanol–water partition coefficient (Wildman–Crippen LogP) is 2.61. The van der Waals surface area contributed by atoms with E-state index in [0.717, 1.165) is 30.5 Å². The van der Waals surface area contributed by atoms with Crippen molar-refractivity contribution >= 4 is 10.9 Å². The van der Waals surface area contributed by atoms with Crippen molar-refractivity contribution in [2.75, 3.05) is 13.1 Å².